The molecule has 0 fully saturated rings. The molecule has 3 N–H and O–H groups in total. The Balaban J connectivity index is 3.44. The molecule has 0 aromatic rings. The maximum absolute atomic E-state index is 12.5. The fourth-order valence-electron chi connectivity index (χ4n) is 11.1. The summed E-state index contributed by atoms with van der Waals surface area (Å²) in [5.41, 5.74) is 0. The number of carbonyl (C=O) groups is 2. The monoisotopic (exact) mass is 1080 g/mol. The second kappa shape index (κ2) is 66.8. The molecule has 6 heteroatoms. The number of carbonyl (C=O) groups excluding carboxylic acids is 2. The van der Waals surface area contributed by atoms with Crippen LogP contribution in [0.4, 0.5) is 0 Å². The molecule has 2 unspecified atom stereocenters. The number of unbranched alkanes of at least 4 members (excludes halogenated alkanes) is 51. The summed E-state index contributed by atoms with van der Waals surface area (Å²) in [6, 6.07) is -0.550. The standard InChI is InChI=1S/C71H137NO5/c1-3-5-7-9-11-13-15-17-18-19-20-21-22-23-25-28-31-34-37-40-43-47-51-55-59-63-69(74)68(67-73)72-70(75)64-60-56-52-48-44-41-38-35-32-29-26-24-27-30-33-36-39-42-46-50-54-58-62-66-77-71(76)65-61-57-53-49-45-16-14-12-10-8-6-4-2/h24,27,29,32,68-69,73-74H,3-23,25-26,28,30-31,33-67H2,1-2H3,(H,72,75)/b27-24-,32-29-. The molecule has 0 heterocycles. The van der Waals surface area contributed by atoms with Gasteiger partial charge in [0.1, 0.15) is 0 Å². The minimum atomic E-state index is -0.672. The van der Waals surface area contributed by atoms with Crippen LogP contribution in [-0.4, -0.2) is 47.4 Å². The third-order valence-electron chi connectivity index (χ3n) is 16.5. The fraction of sp³-hybridized carbons (Fsp3) is 0.915. The Kier molecular flexibility index (Phi) is 65.4. The van der Waals surface area contributed by atoms with Gasteiger partial charge in [-0.1, -0.05) is 346 Å². The van der Waals surface area contributed by atoms with Gasteiger partial charge in [-0.25, -0.2) is 0 Å². The molecule has 0 bridgehead atoms. The highest BCUT2D eigenvalue weighted by Gasteiger charge is 2.20. The predicted octanol–water partition coefficient (Wildman–Crippen LogP) is 22.5. The molecular formula is C71H137NO5. The first-order valence-electron chi connectivity index (χ1n) is 35.1. The molecule has 0 aliphatic carbocycles. The van der Waals surface area contributed by atoms with E-state index in [0.29, 0.717) is 25.9 Å². The third-order valence-corrected chi connectivity index (χ3v) is 16.5. The molecule has 2 atom stereocenters. The second-order valence-corrected chi connectivity index (χ2v) is 24.2. The van der Waals surface area contributed by atoms with Gasteiger partial charge in [0.05, 0.1) is 25.4 Å². The summed E-state index contributed by atoms with van der Waals surface area (Å²) >= 11 is 0. The van der Waals surface area contributed by atoms with Gasteiger partial charge in [0.15, 0.2) is 0 Å². The highest BCUT2D eigenvalue weighted by Crippen LogP contribution is 2.19. The van der Waals surface area contributed by atoms with E-state index in [9.17, 15) is 19.8 Å². The lowest BCUT2D eigenvalue weighted by Crippen LogP contribution is -2.45. The smallest absolute Gasteiger partial charge is 0.305 e. The number of ether oxygens (including phenoxy) is 1. The van der Waals surface area contributed by atoms with Gasteiger partial charge in [-0.2, -0.15) is 0 Å². The van der Waals surface area contributed by atoms with E-state index in [2.05, 4.69) is 43.5 Å². The zero-order chi connectivity index (χ0) is 55.7. The lowest BCUT2D eigenvalue weighted by molar-refractivity contribution is -0.143. The molecule has 0 saturated heterocycles. The largest absolute Gasteiger partial charge is 0.466 e. The summed E-state index contributed by atoms with van der Waals surface area (Å²) in [6.45, 7) is 4.98. The summed E-state index contributed by atoms with van der Waals surface area (Å²) in [5, 5.41) is 23.4. The molecule has 0 radical (unpaired) electrons. The summed E-state index contributed by atoms with van der Waals surface area (Å²) in [6.07, 6.45) is 83.6. The molecule has 0 saturated carbocycles. The molecule has 0 spiro atoms. The van der Waals surface area contributed by atoms with Crippen molar-refractivity contribution in [2.45, 2.75) is 405 Å². The van der Waals surface area contributed by atoms with Gasteiger partial charge in [-0.3, -0.25) is 9.59 Å². The van der Waals surface area contributed by atoms with Crippen LogP contribution in [0.2, 0.25) is 0 Å². The van der Waals surface area contributed by atoms with E-state index < -0.39 is 12.1 Å². The first-order valence-corrected chi connectivity index (χ1v) is 35.1. The number of nitrogens with one attached hydrogen (secondary N) is 1. The van der Waals surface area contributed by atoms with Gasteiger partial charge < -0.3 is 20.3 Å². The van der Waals surface area contributed by atoms with E-state index in [1.807, 2.05) is 0 Å². The van der Waals surface area contributed by atoms with Gasteiger partial charge >= 0.3 is 5.97 Å². The highest BCUT2D eigenvalue weighted by molar-refractivity contribution is 5.76. The van der Waals surface area contributed by atoms with Crippen LogP contribution in [0.3, 0.4) is 0 Å². The Labute approximate surface area is 481 Å². The molecule has 0 aliphatic heterocycles. The van der Waals surface area contributed by atoms with Crippen LogP contribution < -0.4 is 5.32 Å². The van der Waals surface area contributed by atoms with Gasteiger partial charge in [-0.15, -0.1) is 0 Å². The van der Waals surface area contributed by atoms with Crippen LogP contribution in [0.1, 0.15) is 393 Å². The van der Waals surface area contributed by atoms with Crippen molar-refractivity contribution >= 4 is 11.9 Å². The highest BCUT2D eigenvalue weighted by atomic mass is 16.5. The summed E-state index contributed by atoms with van der Waals surface area (Å²) in [7, 11) is 0. The van der Waals surface area contributed by atoms with Crippen LogP contribution in [0.5, 0.6) is 0 Å². The minimum absolute atomic E-state index is 0.00862. The first-order chi connectivity index (χ1) is 38.0. The number of esters is 1. The van der Waals surface area contributed by atoms with Gasteiger partial charge in [0, 0.05) is 12.8 Å². The minimum Gasteiger partial charge on any atom is -0.466 e. The lowest BCUT2D eigenvalue weighted by atomic mass is 10.0. The quantitative estimate of drug-likeness (QED) is 0.0320. The van der Waals surface area contributed by atoms with Crippen molar-refractivity contribution in [3.63, 3.8) is 0 Å². The normalized spacial score (nSPS) is 12.6. The maximum atomic E-state index is 12.5. The van der Waals surface area contributed by atoms with Crippen LogP contribution in [0, 0.1) is 0 Å². The molecule has 6 nitrogen and oxygen atoms in total. The zero-order valence-electron chi connectivity index (χ0n) is 52.2. The van der Waals surface area contributed by atoms with Crippen molar-refractivity contribution in [2.75, 3.05) is 13.2 Å². The number of rotatable bonds is 66. The van der Waals surface area contributed by atoms with Crippen LogP contribution in [-0.2, 0) is 14.3 Å². The second-order valence-electron chi connectivity index (χ2n) is 24.2. The zero-order valence-corrected chi connectivity index (χ0v) is 52.2. The van der Waals surface area contributed by atoms with E-state index in [4.69, 9.17) is 4.74 Å². The van der Waals surface area contributed by atoms with E-state index >= 15 is 0 Å². The third kappa shape index (κ3) is 63.4. The number of allylic oxidation sites excluding steroid dienone is 4. The average molecular weight is 1080 g/mol. The molecular weight excluding hydrogens is 947 g/mol. The van der Waals surface area contributed by atoms with Crippen LogP contribution in [0.25, 0.3) is 0 Å². The topological polar surface area (TPSA) is 95.9 Å². The molecule has 0 rings (SSSR count). The van der Waals surface area contributed by atoms with Gasteiger partial charge in [-0.05, 0) is 57.8 Å². The first kappa shape index (κ1) is 75.3. The van der Waals surface area contributed by atoms with E-state index in [1.54, 1.807) is 0 Å². The molecule has 0 aromatic carbocycles. The van der Waals surface area contributed by atoms with Crippen molar-refractivity contribution in [2.24, 2.45) is 0 Å². The summed E-state index contributed by atoms with van der Waals surface area (Å²) < 4.78 is 5.47. The number of hydrogen-bond acceptors (Lipinski definition) is 5. The summed E-state index contributed by atoms with van der Waals surface area (Å²) in [4.78, 5) is 24.6. The number of aliphatic hydroxyl groups excluding tert-OH is 2. The van der Waals surface area contributed by atoms with E-state index in [-0.39, 0.29) is 18.5 Å². The average Bonchev–Trinajstić information content (AvgIpc) is 3.43. The van der Waals surface area contributed by atoms with Gasteiger partial charge in [0.2, 0.25) is 5.91 Å². The van der Waals surface area contributed by atoms with Crippen molar-refractivity contribution in [1.29, 1.82) is 0 Å². The Morgan fingerprint density at radius 2 is 0.649 bits per heavy atom. The van der Waals surface area contributed by atoms with Crippen molar-refractivity contribution in [3.05, 3.63) is 24.3 Å². The van der Waals surface area contributed by atoms with Crippen LogP contribution in [0.15, 0.2) is 24.3 Å². The maximum Gasteiger partial charge on any atom is 0.305 e. The molecule has 456 valence electrons. The lowest BCUT2D eigenvalue weighted by Gasteiger charge is -2.22. The molecule has 0 aliphatic rings. The van der Waals surface area contributed by atoms with Gasteiger partial charge in [0.25, 0.3) is 0 Å². The van der Waals surface area contributed by atoms with E-state index in [1.165, 1.54) is 315 Å². The molecule has 77 heavy (non-hydrogen) atoms. The SMILES string of the molecule is CCCCCCCCCCCCCCCCCCCCCCCCCCCC(O)C(CO)NC(=O)CCCCCCCCC/C=C\C/C=C\CCCCCCCCCCCOC(=O)CCCCCCCCCCCCCC. The Morgan fingerprint density at radius 1 is 0.364 bits per heavy atom. The number of aliphatic hydroxyl groups is 2. The number of amides is 1. The Hall–Kier alpha value is -1.66. The van der Waals surface area contributed by atoms with Crippen LogP contribution >= 0.6 is 0 Å². The van der Waals surface area contributed by atoms with E-state index in [0.717, 1.165) is 44.9 Å². The Bertz CT molecular complexity index is 1200. The molecule has 1 amide bonds. The fourth-order valence-corrected chi connectivity index (χ4v) is 11.1. The summed E-state index contributed by atoms with van der Waals surface area (Å²) in [5.74, 6) is -0.0321. The van der Waals surface area contributed by atoms with Crippen molar-refractivity contribution in [3.8, 4) is 0 Å². The predicted molar refractivity (Wildman–Crippen MR) is 338 cm³/mol. The van der Waals surface area contributed by atoms with Crippen molar-refractivity contribution < 1.29 is 24.5 Å². The Morgan fingerprint density at radius 3 is 0.987 bits per heavy atom. The van der Waals surface area contributed by atoms with Crippen molar-refractivity contribution in [1.82, 2.24) is 5.32 Å². The molecule has 0 aromatic heterocycles. The number of hydrogen-bond donors (Lipinski definition) is 3.